The molecule has 27 heavy (non-hydrogen) atoms. The maximum Gasteiger partial charge on any atom is 0.404 e. The van der Waals surface area contributed by atoms with Crippen molar-refractivity contribution in [2.24, 2.45) is 5.41 Å². The van der Waals surface area contributed by atoms with E-state index in [0.29, 0.717) is 5.56 Å². The Bertz CT molecular complexity index is 645. The maximum absolute atomic E-state index is 14.2. The van der Waals surface area contributed by atoms with Crippen LogP contribution in [0, 0.1) is 12.3 Å². The molecule has 1 aromatic rings. The summed E-state index contributed by atoms with van der Waals surface area (Å²) in [7, 11) is -5.46. The first-order chi connectivity index (χ1) is 12.3. The van der Waals surface area contributed by atoms with E-state index in [1.165, 1.54) is 32.9 Å². The van der Waals surface area contributed by atoms with Crippen molar-refractivity contribution >= 4 is 25.2 Å². The van der Waals surface area contributed by atoms with Gasteiger partial charge in [-0.05, 0) is 39.3 Å². The minimum absolute atomic E-state index is 0.362. The van der Waals surface area contributed by atoms with Gasteiger partial charge in [0, 0.05) is 0 Å². The summed E-state index contributed by atoms with van der Waals surface area (Å²) in [5, 5.41) is -0.362. The zero-order valence-corrected chi connectivity index (χ0v) is 18.8. The summed E-state index contributed by atoms with van der Waals surface area (Å²) in [4.78, 5) is 21.0. The lowest BCUT2D eigenvalue weighted by molar-refractivity contribution is -0.160. The number of hydrogen-bond acceptors (Lipinski definition) is 4. The van der Waals surface area contributed by atoms with E-state index >= 15 is 0 Å². The van der Waals surface area contributed by atoms with Gasteiger partial charge >= 0.3 is 19.2 Å². The normalized spacial score (nSPS) is 13.3. The fraction of sp³-hybridized carbons (Fsp3) is 0.611. The SMILES string of the molecule is CC.CC.Cc1ccc(C(F)(F)P(=O)(O)OCOC(=O)C(C)(C)C)c(Cl)c1. The number of rotatable bonds is 5. The molecule has 0 radical (unpaired) electrons. The number of halogens is 3. The second-order valence-corrected chi connectivity index (χ2v) is 8.24. The van der Waals surface area contributed by atoms with Crippen molar-refractivity contribution in [3.63, 3.8) is 0 Å². The van der Waals surface area contributed by atoms with Crippen LogP contribution in [-0.4, -0.2) is 17.7 Å². The monoisotopic (exact) mass is 430 g/mol. The number of benzene rings is 1. The summed E-state index contributed by atoms with van der Waals surface area (Å²) in [6.45, 7) is 13.2. The van der Waals surface area contributed by atoms with Crippen molar-refractivity contribution in [1.82, 2.24) is 0 Å². The van der Waals surface area contributed by atoms with Gasteiger partial charge in [0.1, 0.15) is 0 Å². The number of ether oxygens (including phenoxy) is 1. The van der Waals surface area contributed by atoms with Crippen LogP contribution in [0.5, 0.6) is 0 Å². The Morgan fingerprint density at radius 2 is 1.67 bits per heavy atom. The van der Waals surface area contributed by atoms with E-state index in [9.17, 15) is 23.0 Å². The highest BCUT2D eigenvalue weighted by Gasteiger charge is 2.54. The Balaban J connectivity index is 0. The van der Waals surface area contributed by atoms with Crippen LogP contribution in [0.2, 0.25) is 5.02 Å². The summed E-state index contributed by atoms with van der Waals surface area (Å²) in [5.74, 6) is -0.755. The predicted molar refractivity (Wildman–Crippen MR) is 104 cm³/mol. The fourth-order valence-corrected chi connectivity index (χ4v) is 2.74. The van der Waals surface area contributed by atoms with Crippen LogP contribution in [-0.2, 0) is 24.3 Å². The summed E-state index contributed by atoms with van der Waals surface area (Å²) in [5.41, 5.74) is -5.36. The molecule has 0 aliphatic rings. The molecule has 158 valence electrons. The maximum atomic E-state index is 14.2. The van der Waals surface area contributed by atoms with Crippen molar-refractivity contribution < 1.29 is 32.3 Å². The van der Waals surface area contributed by atoms with E-state index in [-0.39, 0.29) is 5.02 Å². The minimum Gasteiger partial charge on any atom is -0.438 e. The van der Waals surface area contributed by atoms with Crippen LogP contribution in [0.3, 0.4) is 0 Å². The minimum atomic E-state index is -5.46. The molecular formula is C18H30ClF2O5P. The Hall–Kier alpha value is -1.01. The van der Waals surface area contributed by atoms with E-state index in [2.05, 4.69) is 9.26 Å². The zero-order chi connectivity index (χ0) is 22.1. The first kappa shape index (κ1) is 28.2. The molecule has 0 spiro atoms. The highest BCUT2D eigenvalue weighted by molar-refractivity contribution is 7.53. The zero-order valence-electron chi connectivity index (χ0n) is 17.1. The van der Waals surface area contributed by atoms with Crippen LogP contribution < -0.4 is 0 Å². The first-order valence-electron chi connectivity index (χ1n) is 8.58. The molecule has 0 heterocycles. The standard InChI is InChI=1S/C14H18ClF2O5P.2C2H6/c1-9-5-6-10(11(15)7-9)14(16,17)23(19,20)22-8-21-12(18)13(2,3)4;2*1-2/h5-7H,8H2,1-4H3,(H,19,20);2*1-2H3. The van der Waals surface area contributed by atoms with E-state index in [1.54, 1.807) is 6.92 Å². The van der Waals surface area contributed by atoms with E-state index in [4.69, 9.17) is 11.6 Å². The second kappa shape index (κ2) is 11.7. The molecular weight excluding hydrogens is 401 g/mol. The van der Waals surface area contributed by atoms with Crippen LogP contribution in [0.1, 0.15) is 59.6 Å². The summed E-state index contributed by atoms with van der Waals surface area (Å²) >= 11 is 5.71. The average molecular weight is 431 g/mol. The van der Waals surface area contributed by atoms with E-state index in [0.717, 1.165) is 6.07 Å². The molecule has 1 rings (SSSR count). The number of esters is 1. The molecule has 0 aliphatic carbocycles. The third-order valence-electron chi connectivity index (χ3n) is 2.83. The molecule has 9 heteroatoms. The molecule has 1 N–H and O–H groups in total. The Labute approximate surface area is 165 Å². The smallest absolute Gasteiger partial charge is 0.404 e. The molecule has 0 saturated carbocycles. The van der Waals surface area contributed by atoms with Gasteiger partial charge in [0.25, 0.3) is 0 Å². The molecule has 0 amide bonds. The van der Waals surface area contributed by atoms with Gasteiger partial charge in [-0.2, -0.15) is 8.78 Å². The van der Waals surface area contributed by atoms with E-state index in [1.807, 2.05) is 27.7 Å². The lowest BCUT2D eigenvalue weighted by Crippen LogP contribution is -2.25. The summed E-state index contributed by atoms with van der Waals surface area (Å²) in [6.07, 6.45) is 0. The second-order valence-electron chi connectivity index (χ2n) is 5.97. The number of carbonyl (C=O) groups is 1. The molecule has 1 unspecified atom stereocenters. The van der Waals surface area contributed by atoms with Crippen LogP contribution in [0.4, 0.5) is 8.78 Å². The third-order valence-corrected chi connectivity index (χ3v) is 4.55. The summed E-state index contributed by atoms with van der Waals surface area (Å²) in [6, 6.07) is 3.52. The lowest BCUT2D eigenvalue weighted by Gasteiger charge is -2.24. The molecule has 1 atom stereocenters. The van der Waals surface area contributed by atoms with Crippen LogP contribution in [0.15, 0.2) is 18.2 Å². The molecule has 0 aliphatic heterocycles. The predicted octanol–water partition coefficient (Wildman–Crippen LogP) is 6.50. The van der Waals surface area contributed by atoms with Crippen molar-refractivity contribution in [3.05, 3.63) is 34.3 Å². The number of alkyl halides is 2. The van der Waals surface area contributed by atoms with E-state index < -0.39 is 37.0 Å². The molecule has 1 aromatic carbocycles. The van der Waals surface area contributed by atoms with Gasteiger partial charge < -0.3 is 9.63 Å². The molecule has 0 fully saturated rings. The highest BCUT2D eigenvalue weighted by atomic mass is 35.5. The Morgan fingerprint density at radius 1 is 1.19 bits per heavy atom. The van der Waals surface area contributed by atoms with Gasteiger partial charge in [-0.25, -0.2) is 0 Å². The van der Waals surface area contributed by atoms with Gasteiger partial charge in [-0.15, -0.1) is 0 Å². The third kappa shape index (κ3) is 8.26. The quantitative estimate of drug-likeness (QED) is 0.328. The molecule has 0 aromatic heterocycles. The van der Waals surface area contributed by atoms with Gasteiger partial charge in [-0.1, -0.05) is 51.4 Å². The van der Waals surface area contributed by atoms with Crippen molar-refractivity contribution in [2.45, 2.75) is 61.1 Å². The van der Waals surface area contributed by atoms with Gasteiger partial charge in [0.2, 0.25) is 6.79 Å². The largest absolute Gasteiger partial charge is 0.438 e. The highest BCUT2D eigenvalue weighted by Crippen LogP contribution is 2.64. The Kier molecular flexibility index (Phi) is 12.3. The van der Waals surface area contributed by atoms with Crippen LogP contribution >= 0.6 is 19.2 Å². The summed E-state index contributed by atoms with van der Waals surface area (Å²) < 4.78 is 49.1. The van der Waals surface area contributed by atoms with Gasteiger partial charge in [0.05, 0.1) is 16.0 Å². The van der Waals surface area contributed by atoms with Gasteiger partial charge in [-0.3, -0.25) is 13.9 Å². The lowest BCUT2D eigenvalue weighted by atomic mass is 9.98. The van der Waals surface area contributed by atoms with Gasteiger partial charge in [0.15, 0.2) is 0 Å². The van der Waals surface area contributed by atoms with Crippen LogP contribution in [0.25, 0.3) is 0 Å². The van der Waals surface area contributed by atoms with Crippen molar-refractivity contribution in [3.8, 4) is 0 Å². The topological polar surface area (TPSA) is 72.8 Å². The van der Waals surface area contributed by atoms with Crippen molar-refractivity contribution in [2.75, 3.05) is 6.79 Å². The molecule has 5 nitrogen and oxygen atoms in total. The molecule has 0 saturated heterocycles. The average Bonchev–Trinajstić information content (AvgIpc) is 2.57. The fourth-order valence-electron chi connectivity index (χ4n) is 1.47. The first-order valence-corrected chi connectivity index (χ1v) is 10.5. The van der Waals surface area contributed by atoms with Crippen molar-refractivity contribution in [1.29, 1.82) is 0 Å². The number of aryl methyl sites for hydroxylation is 1. The molecule has 0 bridgehead atoms. The number of hydrogen-bond donors (Lipinski definition) is 1. The number of carbonyl (C=O) groups excluding carboxylic acids is 1. The Morgan fingerprint density at radius 3 is 2.07 bits per heavy atom.